The molecule has 0 bridgehead atoms. The molecule has 3 heterocycles. The number of anilines is 2. The van der Waals surface area contributed by atoms with Gasteiger partial charge in [-0.25, -0.2) is 4.98 Å². The zero-order valence-electron chi connectivity index (χ0n) is 23.3. The van der Waals surface area contributed by atoms with Crippen LogP contribution in [0.4, 0.5) is 24.7 Å². The van der Waals surface area contributed by atoms with Gasteiger partial charge in [0.05, 0.1) is 16.6 Å². The molecule has 1 aromatic heterocycles. The fraction of sp³-hybridized carbons (Fsp3) is 0.414. The van der Waals surface area contributed by atoms with Crippen LogP contribution in [0, 0.1) is 0 Å². The van der Waals surface area contributed by atoms with E-state index >= 15 is 0 Å². The third-order valence-electron chi connectivity index (χ3n) is 7.41. The molecule has 9 nitrogen and oxygen atoms in total. The number of hydrogen-bond donors (Lipinski definition) is 2. The summed E-state index contributed by atoms with van der Waals surface area (Å²) in [6.07, 6.45) is -2.42. The molecule has 0 unspecified atom stereocenters. The number of benzene rings is 2. The van der Waals surface area contributed by atoms with E-state index in [2.05, 4.69) is 32.4 Å². The molecule has 1 saturated heterocycles. The van der Waals surface area contributed by atoms with E-state index in [4.69, 9.17) is 21.1 Å². The van der Waals surface area contributed by atoms with Crippen LogP contribution in [0.15, 0.2) is 42.7 Å². The molecule has 224 valence electrons. The largest absolute Gasteiger partial charge is 0.483 e. The van der Waals surface area contributed by atoms with Gasteiger partial charge in [-0.15, -0.1) is 0 Å². The first-order valence-electron chi connectivity index (χ1n) is 13.8. The van der Waals surface area contributed by atoms with Crippen LogP contribution in [0.2, 0.25) is 5.02 Å². The number of nitrogens with zero attached hydrogens (tertiary/aromatic N) is 4. The Morgan fingerprint density at radius 1 is 1.12 bits per heavy atom. The quantitative estimate of drug-likeness (QED) is 0.328. The lowest BCUT2D eigenvalue weighted by Crippen LogP contribution is -2.45. The maximum atomic E-state index is 14.0. The second kappa shape index (κ2) is 12.7. The molecule has 2 aliphatic rings. The highest BCUT2D eigenvalue weighted by molar-refractivity contribution is 6.32. The molecular formula is C29H32ClF3N6O3. The number of halogens is 4. The predicted octanol–water partition coefficient (Wildman–Crippen LogP) is 5.91. The maximum absolute atomic E-state index is 14.0. The minimum absolute atomic E-state index is 0.0270. The zero-order valence-corrected chi connectivity index (χ0v) is 24.1. The molecule has 0 aliphatic carbocycles. The maximum Gasteiger partial charge on any atom is 0.416 e. The predicted molar refractivity (Wildman–Crippen MR) is 154 cm³/mol. The van der Waals surface area contributed by atoms with Gasteiger partial charge in [0.1, 0.15) is 18.7 Å². The number of likely N-dealkylation sites (N-methyl/N-ethyl adjacent to an activating group) is 1. The average molecular weight is 605 g/mol. The second-order valence-corrected chi connectivity index (χ2v) is 10.6. The standard InChI is InChI=1S/C29H32ClF3N6O3/c1-3-20-16-41-25-26(36-20)34-17-35-28(25)42-24-13-18(6-8-23(24)30)27(40)37-21-7-5-19(22(14-21)29(31,32)33)15-39-11-9-38(4-2)10-12-39/h5-8,13-14,17,20H,3-4,9-12,15-16H2,1-2H3,(H,37,40)(H,34,35,36)/t20-/m1/s1. The smallest absolute Gasteiger partial charge is 0.416 e. The van der Waals surface area contributed by atoms with Crippen LogP contribution >= 0.6 is 11.6 Å². The number of ether oxygens (including phenoxy) is 2. The normalized spacial score (nSPS) is 17.6. The molecule has 13 heteroatoms. The Kier molecular flexibility index (Phi) is 9.05. The van der Waals surface area contributed by atoms with Gasteiger partial charge in [-0.2, -0.15) is 18.2 Å². The van der Waals surface area contributed by atoms with Gasteiger partial charge in [0.2, 0.25) is 5.75 Å². The Morgan fingerprint density at radius 2 is 1.88 bits per heavy atom. The molecule has 2 N–H and O–H groups in total. The molecule has 1 atom stereocenters. The van der Waals surface area contributed by atoms with Crippen molar-refractivity contribution < 1.29 is 27.4 Å². The van der Waals surface area contributed by atoms with Crippen LogP contribution in [0.5, 0.6) is 17.4 Å². The first kappa shape index (κ1) is 29.9. The van der Waals surface area contributed by atoms with Crippen molar-refractivity contribution in [2.45, 2.75) is 39.0 Å². The molecule has 0 saturated carbocycles. The van der Waals surface area contributed by atoms with Crippen molar-refractivity contribution >= 4 is 29.0 Å². The van der Waals surface area contributed by atoms with Crippen LogP contribution in [0.3, 0.4) is 0 Å². The van der Waals surface area contributed by atoms with E-state index in [-0.39, 0.29) is 46.1 Å². The molecule has 42 heavy (non-hydrogen) atoms. The van der Waals surface area contributed by atoms with Gasteiger partial charge in [0.15, 0.2) is 5.82 Å². The van der Waals surface area contributed by atoms with E-state index in [1.807, 2.05) is 11.8 Å². The van der Waals surface area contributed by atoms with Crippen LogP contribution < -0.4 is 20.1 Å². The van der Waals surface area contributed by atoms with Gasteiger partial charge in [-0.1, -0.05) is 31.5 Å². The molecule has 2 aliphatic heterocycles. The number of carbonyl (C=O) groups is 1. The number of alkyl halides is 3. The summed E-state index contributed by atoms with van der Waals surface area (Å²) in [5.41, 5.74) is -0.443. The van der Waals surface area contributed by atoms with Crippen molar-refractivity contribution in [1.29, 1.82) is 0 Å². The van der Waals surface area contributed by atoms with Gasteiger partial charge in [0.25, 0.3) is 11.8 Å². The molecule has 1 amide bonds. The fourth-order valence-electron chi connectivity index (χ4n) is 4.89. The van der Waals surface area contributed by atoms with E-state index in [1.54, 1.807) is 0 Å². The minimum Gasteiger partial charge on any atom is -0.483 e. The lowest BCUT2D eigenvalue weighted by Gasteiger charge is -2.34. The number of fused-ring (bicyclic) bond motifs is 1. The van der Waals surface area contributed by atoms with Crippen LogP contribution in [-0.4, -0.2) is 71.0 Å². The monoisotopic (exact) mass is 604 g/mol. The number of hydrogen-bond acceptors (Lipinski definition) is 8. The summed E-state index contributed by atoms with van der Waals surface area (Å²) in [6.45, 7) is 8.64. The Balaban J connectivity index is 1.31. The molecule has 1 fully saturated rings. The van der Waals surface area contributed by atoms with Gasteiger partial charge < -0.3 is 25.0 Å². The number of carbonyl (C=O) groups excluding carboxylic acids is 1. The minimum atomic E-state index is -4.58. The van der Waals surface area contributed by atoms with Crippen molar-refractivity contribution in [3.63, 3.8) is 0 Å². The lowest BCUT2D eigenvalue weighted by atomic mass is 10.0. The average Bonchev–Trinajstić information content (AvgIpc) is 2.98. The summed E-state index contributed by atoms with van der Waals surface area (Å²) < 4.78 is 53.8. The molecule has 0 radical (unpaired) electrons. The molecule has 0 spiro atoms. The summed E-state index contributed by atoms with van der Waals surface area (Å²) in [4.78, 5) is 25.7. The van der Waals surface area contributed by atoms with Crippen molar-refractivity contribution in [3.8, 4) is 17.4 Å². The highest BCUT2D eigenvalue weighted by Gasteiger charge is 2.34. The van der Waals surface area contributed by atoms with E-state index in [0.29, 0.717) is 31.3 Å². The molecular weight excluding hydrogens is 573 g/mol. The SMILES string of the molecule is CC[C@@H]1COc2c(ncnc2Oc2cc(C(=O)Nc3ccc(CN4CCN(CC)CC4)c(C(F)(F)F)c3)ccc2Cl)N1. The highest BCUT2D eigenvalue weighted by atomic mass is 35.5. The summed E-state index contributed by atoms with van der Waals surface area (Å²) in [6, 6.07) is 8.30. The van der Waals surface area contributed by atoms with E-state index < -0.39 is 17.6 Å². The Morgan fingerprint density at radius 3 is 2.60 bits per heavy atom. The van der Waals surface area contributed by atoms with E-state index in [1.165, 1.54) is 36.7 Å². The summed E-state index contributed by atoms with van der Waals surface area (Å²) in [7, 11) is 0. The van der Waals surface area contributed by atoms with E-state index in [0.717, 1.165) is 32.1 Å². The molecule has 5 rings (SSSR count). The highest BCUT2D eigenvalue weighted by Crippen LogP contribution is 2.40. The van der Waals surface area contributed by atoms with Gasteiger partial charge in [-0.05, 0) is 48.9 Å². The number of aromatic nitrogens is 2. The van der Waals surface area contributed by atoms with Crippen molar-refractivity contribution in [2.75, 3.05) is 50.0 Å². The Labute approximate surface area is 247 Å². The molecule has 2 aromatic carbocycles. The zero-order chi connectivity index (χ0) is 29.9. The summed E-state index contributed by atoms with van der Waals surface area (Å²) in [5.74, 6) is 0.417. The number of rotatable bonds is 8. The number of amides is 1. The third kappa shape index (κ3) is 6.88. The van der Waals surface area contributed by atoms with E-state index in [9.17, 15) is 18.0 Å². The topological polar surface area (TPSA) is 91.8 Å². The first-order chi connectivity index (χ1) is 20.1. The van der Waals surface area contributed by atoms with Crippen molar-refractivity contribution in [2.24, 2.45) is 0 Å². The van der Waals surface area contributed by atoms with Crippen LogP contribution in [0.1, 0.15) is 41.8 Å². The van der Waals surface area contributed by atoms with Crippen molar-refractivity contribution in [3.05, 3.63) is 64.4 Å². The Hall–Kier alpha value is -3.61. The summed E-state index contributed by atoms with van der Waals surface area (Å²) in [5, 5.41) is 6.03. The fourth-order valence-corrected chi connectivity index (χ4v) is 5.05. The summed E-state index contributed by atoms with van der Waals surface area (Å²) >= 11 is 6.34. The van der Waals surface area contributed by atoms with Crippen LogP contribution in [-0.2, 0) is 12.7 Å². The third-order valence-corrected chi connectivity index (χ3v) is 7.73. The number of piperazine rings is 1. The Bertz CT molecular complexity index is 1430. The van der Waals surface area contributed by atoms with Gasteiger partial charge in [0, 0.05) is 44.0 Å². The van der Waals surface area contributed by atoms with Crippen LogP contribution in [0.25, 0.3) is 0 Å². The van der Waals surface area contributed by atoms with Gasteiger partial charge in [-0.3, -0.25) is 9.69 Å². The number of nitrogens with one attached hydrogen (secondary N) is 2. The second-order valence-electron chi connectivity index (χ2n) is 10.2. The van der Waals surface area contributed by atoms with Gasteiger partial charge >= 0.3 is 6.18 Å². The first-order valence-corrected chi connectivity index (χ1v) is 14.2. The lowest BCUT2D eigenvalue weighted by molar-refractivity contribution is -0.138. The van der Waals surface area contributed by atoms with Crippen molar-refractivity contribution in [1.82, 2.24) is 19.8 Å². The molecule has 3 aromatic rings.